The molecule has 0 saturated heterocycles. The maximum absolute atomic E-state index is 12.3. The van der Waals surface area contributed by atoms with Crippen LogP contribution in [0.25, 0.3) is 22.0 Å². The third-order valence-corrected chi connectivity index (χ3v) is 4.12. The monoisotopic (exact) mass is 356 g/mol. The molecule has 1 heterocycles. The Balaban J connectivity index is 2.10. The van der Waals surface area contributed by atoms with Gasteiger partial charge < -0.3 is 14.5 Å². The number of fused-ring (bicyclic) bond motifs is 1. The van der Waals surface area contributed by atoms with Gasteiger partial charge in [-0.25, -0.2) is 4.98 Å². The molecule has 0 aliphatic carbocycles. The third kappa shape index (κ3) is 3.51. The van der Waals surface area contributed by atoms with Gasteiger partial charge in [0.05, 0.1) is 30.2 Å². The van der Waals surface area contributed by atoms with Gasteiger partial charge >= 0.3 is 0 Å². The van der Waals surface area contributed by atoms with E-state index in [1.165, 1.54) is 0 Å². The topological polar surface area (TPSA) is 64.2 Å². The Kier molecular flexibility index (Phi) is 4.76. The minimum absolute atomic E-state index is 0.224. The number of rotatable bonds is 4. The van der Waals surface area contributed by atoms with Crippen LogP contribution < -0.4 is 15.0 Å². The van der Waals surface area contributed by atoms with Crippen molar-refractivity contribution in [2.45, 2.75) is 6.92 Å². The minimum atomic E-state index is -0.224. The summed E-state index contributed by atoms with van der Waals surface area (Å²) in [5.74, 6) is 1.60. The average Bonchev–Trinajstić information content (AvgIpc) is 2.62. The molecular weight excluding hydrogens is 340 g/mol. The van der Waals surface area contributed by atoms with Gasteiger partial charge in [-0.05, 0) is 42.3 Å². The first-order valence-electron chi connectivity index (χ1n) is 7.62. The van der Waals surface area contributed by atoms with E-state index in [0.717, 1.165) is 11.1 Å². The Hall–Kier alpha value is -2.79. The zero-order valence-electron chi connectivity index (χ0n) is 14.1. The number of halogens is 1. The summed E-state index contributed by atoms with van der Waals surface area (Å²) < 4.78 is 10.5. The fourth-order valence-corrected chi connectivity index (χ4v) is 2.76. The van der Waals surface area contributed by atoms with Crippen LogP contribution in [0.3, 0.4) is 0 Å². The highest BCUT2D eigenvalue weighted by molar-refractivity contribution is 6.50. The van der Waals surface area contributed by atoms with Gasteiger partial charge in [0, 0.05) is 6.07 Å². The van der Waals surface area contributed by atoms with Crippen LogP contribution in [-0.2, 0) is 0 Å². The van der Waals surface area contributed by atoms with E-state index in [1.54, 1.807) is 32.4 Å². The Morgan fingerprint density at radius 2 is 1.84 bits per heavy atom. The van der Waals surface area contributed by atoms with E-state index in [0.29, 0.717) is 33.3 Å². The van der Waals surface area contributed by atoms with Crippen molar-refractivity contribution in [1.29, 1.82) is 0 Å². The van der Waals surface area contributed by atoms with E-state index >= 15 is 0 Å². The molecule has 0 spiro atoms. The zero-order chi connectivity index (χ0) is 18.0. The maximum Gasteiger partial charge on any atom is 0.259 e. The van der Waals surface area contributed by atoms with Crippen LogP contribution in [-0.4, -0.2) is 24.2 Å². The zero-order valence-corrected chi connectivity index (χ0v) is 14.8. The third-order valence-electron chi connectivity index (χ3n) is 3.83. The number of aromatic nitrogens is 2. The SMILES string of the molecule is COc1cc(/C=C(\Cl)c2nc3c(C)cccc3c(=O)[nH]2)cc(OC)c1. The number of aryl methyl sites for hydroxylation is 1. The second-order valence-corrected chi connectivity index (χ2v) is 5.93. The lowest BCUT2D eigenvalue weighted by Gasteiger charge is -2.07. The Labute approximate surface area is 149 Å². The van der Waals surface area contributed by atoms with Crippen LogP contribution in [0.15, 0.2) is 41.2 Å². The van der Waals surface area contributed by atoms with Crippen molar-refractivity contribution in [3.63, 3.8) is 0 Å². The molecule has 0 aliphatic heterocycles. The summed E-state index contributed by atoms with van der Waals surface area (Å²) in [6.07, 6.45) is 1.70. The van der Waals surface area contributed by atoms with E-state index in [2.05, 4.69) is 9.97 Å². The standard InChI is InChI=1S/C19H17ClN2O3/c1-11-5-4-6-15-17(11)21-18(22-19(15)23)16(20)9-12-7-13(24-2)10-14(8-12)25-3/h4-10H,1-3H3,(H,21,22,23)/b16-9-. The number of hydrogen-bond acceptors (Lipinski definition) is 4. The van der Waals surface area contributed by atoms with Crippen molar-refractivity contribution >= 4 is 33.6 Å². The van der Waals surface area contributed by atoms with Crippen molar-refractivity contribution < 1.29 is 9.47 Å². The molecule has 0 unspecified atom stereocenters. The van der Waals surface area contributed by atoms with Crippen LogP contribution in [0, 0.1) is 6.92 Å². The van der Waals surface area contributed by atoms with Crippen molar-refractivity contribution in [3.8, 4) is 11.5 Å². The fourth-order valence-electron chi connectivity index (χ4n) is 2.55. The van der Waals surface area contributed by atoms with E-state index in [-0.39, 0.29) is 5.56 Å². The average molecular weight is 357 g/mol. The van der Waals surface area contributed by atoms with Gasteiger partial charge in [-0.2, -0.15) is 0 Å². The molecule has 0 fully saturated rings. The largest absolute Gasteiger partial charge is 0.497 e. The molecule has 1 aromatic heterocycles. The Bertz CT molecular complexity index is 1000. The number of nitrogens with zero attached hydrogens (tertiary/aromatic N) is 1. The highest BCUT2D eigenvalue weighted by Gasteiger charge is 2.09. The van der Waals surface area contributed by atoms with Crippen LogP contribution in [0.1, 0.15) is 17.0 Å². The number of para-hydroxylation sites is 1. The van der Waals surface area contributed by atoms with Gasteiger partial charge in [0.2, 0.25) is 0 Å². The molecule has 5 nitrogen and oxygen atoms in total. The highest BCUT2D eigenvalue weighted by Crippen LogP contribution is 2.27. The fraction of sp³-hybridized carbons (Fsp3) is 0.158. The predicted octanol–water partition coefficient (Wildman–Crippen LogP) is 3.99. The first kappa shape index (κ1) is 17.0. The summed E-state index contributed by atoms with van der Waals surface area (Å²) in [5, 5.41) is 0.855. The molecule has 25 heavy (non-hydrogen) atoms. The number of nitrogens with one attached hydrogen (secondary N) is 1. The van der Waals surface area contributed by atoms with Crippen molar-refractivity contribution in [1.82, 2.24) is 9.97 Å². The molecule has 0 bridgehead atoms. The normalized spacial score (nSPS) is 11.6. The smallest absolute Gasteiger partial charge is 0.259 e. The van der Waals surface area contributed by atoms with E-state index in [9.17, 15) is 4.79 Å². The molecule has 0 atom stereocenters. The van der Waals surface area contributed by atoms with Crippen molar-refractivity contribution in [2.24, 2.45) is 0 Å². The van der Waals surface area contributed by atoms with Crippen LogP contribution >= 0.6 is 11.6 Å². The number of ether oxygens (including phenoxy) is 2. The number of aromatic amines is 1. The lowest BCUT2D eigenvalue weighted by molar-refractivity contribution is 0.394. The molecule has 1 N–H and O–H groups in total. The molecule has 0 radical (unpaired) electrons. The first-order valence-corrected chi connectivity index (χ1v) is 8.00. The van der Waals surface area contributed by atoms with E-state index in [4.69, 9.17) is 21.1 Å². The Morgan fingerprint density at radius 3 is 2.48 bits per heavy atom. The molecule has 128 valence electrons. The summed E-state index contributed by atoms with van der Waals surface area (Å²) in [4.78, 5) is 19.5. The molecular formula is C19H17ClN2O3. The van der Waals surface area contributed by atoms with Crippen molar-refractivity contribution in [3.05, 3.63) is 63.7 Å². The van der Waals surface area contributed by atoms with Gasteiger partial charge in [-0.15, -0.1) is 0 Å². The number of hydrogen-bond donors (Lipinski definition) is 1. The van der Waals surface area contributed by atoms with Gasteiger partial charge in [0.1, 0.15) is 11.5 Å². The number of benzene rings is 2. The van der Waals surface area contributed by atoms with E-state index < -0.39 is 0 Å². The van der Waals surface area contributed by atoms with Gasteiger partial charge in [-0.1, -0.05) is 23.7 Å². The molecule has 0 saturated carbocycles. The molecule has 3 aromatic rings. The van der Waals surface area contributed by atoms with Gasteiger partial charge in [-0.3, -0.25) is 4.79 Å². The van der Waals surface area contributed by atoms with E-state index in [1.807, 2.05) is 31.2 Å². The summed E-state index contributed by atoms with van der Waals surface area (Å²) in [7, 11) is 3.16. The second kappa shape index (κ2) is 6.99. The quantitative estimate of drug-likeness (QED) is 0.767. The number of methoxy groups -OCH3 is 2. The van der Waals surface area contributed by atoms with Crippen LogP contribution in [0.5, 0.6) is 11.5 Å². The predicted molar refractivity (Wildman–Crippen MR) is 100 cm³/mol. The molecule has 6 heteroatoms. The van der Waals surface area contributed by atoms with Gasteiger partial charge in [0.25, 0.3) is 5.56 Å². The van der Waals surface area contributed by atoms with Gasteiger partial charge in [0.15, 0.2) is 5.82 Å². The van der Waals surface area contributed by atoms with Crippen LogP contribution in [0.4, 0.5) is 0 Å². The first-order chi connectivity index (χ1) is 12.0. The lowest BCUT2D eigenvalue weighted by atomic mass is 10.1. The highest BCUT2D eigenvalue weighted by atomic mass is 35.5. The molecule has 3 rings (SSSR count). The lowest BCUT2D eigenvalue weighted by Crippen LogP contribution is -2.11. The molecule has 0 aliphatic rings. The van der Waals surface area contributed by atoms with Crippen LogP contribution in [0.2, 0.25) is 0 Å². The maximum atomic E-state index is 12.3. The summed E-state index contributed by atoms with van der Waals surface area (Å²) in [6, 6.07) is 10.9. The molecule has 2 aromatic carbocycles. The Morgan fingerprint density at radius 1 is 1.16 bits per heavy atom. The summed E-state index contributed by atoms with van der Waals surface area (Å²) in [5.41, 5.74) is 2.10. The summed E-state index contributed by atoms with van der Waals surface area (Å²) >= 11 is 6.40. The second-order valence-electron chi connectivity index (χ2n) is 5.52. The number of H-pyrrole nitrogens is 1. The summed E-state index contributed by atoms with van der Waals surface area (Å²) in [6.45, 7) is 1.91. The van der Waals surface area contributed by atoms with Crippen molar-refractivity contribution in [2.75, 3.05) is 14.2 Å². The molecule has 0 amide bonds. The minimum Gasteiger partial charge on any atom is -0.497 e.